The Morgan fingerprint density at radius 3 is 2.59 bits per heavy atom. The summed E-state index contributed by atoms with van der Waals surface area (Å²) >= 11 is 11.7. The zero-order valence-corrected chi connectivity index (χ0v) is 14.3. The minimum absolute atomic E-state index is 0.127. The van der Waals surface area contributed by atoms with E-state index in [0.29, 0.717) is 5.02 Å². The molecule has 1 aliphatic rings. The van der Waals surface area contributed by atoms with Crippen molar-refractivity contribution in [2.75, 3.05) is 0 Å². The summed E-state index contributed by atoms with van der Waals surface area (Å²) in [6.45, 7) is 2.04. The fourth-order valence-electron chi connectivity index (χ4n) is 2.77. The number of fused-ring (bicyclic) bond motifs is 1. The topological polar surface area (TPSA) is 46.2 Å². The summed E-state index contributed by atoms with van der Waals surface area (Å²) in [7, 11) is -3.63. The minimum Gasteiger partial charge on any atom is -0.207 e. The van der Waals surface area contributed by atoms with Gasteiger partial charge in [0.05, 0.1) is 14.9 Å². The first-order valence-electron chi connectivity index (χ1n) is 6.93. The molecule has 1 N–H and O–H groups in total. The molecule has 0 heterocycles. The van der Waals surface area contributed by atoms with Crippen LogP contribution in [0.1, 0.15) is 29.2 Å². The summed E-state index contributed by atoms with van der Waals surface area (Å²) in [5, 5.41) is 0.564. The van der Waals surface area contributed by atoms with Crippen molar-refractivity contribution in [3.63, 3.8) is 0 Å². The van der Waals surface area contributed by atoms with Gasteiger partial charge in [-0.15, -0.1) is 0 Å². The Labute approximate surface area is 140 Å². The third kappa shape index (κ3) is 3.01. The van der Waals surface area contributed by atoms with Crippen LogP contribution in [-0.4, -0.2) is 8.42 Å². The molecule has 2 aromatic carbocycles. The lowest BCUT2D eigenvalue weighted by atomic mass is 10.1. The maximum absolute atomic E-state index is 12.5. The van der Waals surface area contributed by atoms with Gasteiger partial charge in [-0.1, -0.05) is 47.0 Å². The Bertz CT molecular complexity index is 834. The summed E-state index contributed by atoms with van der Waals surface area (Å²) in [5.74, 6) is 0. The van der Waals surface area contributed by atoms with Crippen molar-refractivity contribution in [1.82, 2.24) is 4.72 Å². The normalized spacial score (nSPS) is 17.5. The molecule has 0 amide bonds. The molecule has 0 aromatic heterocycles. The second-order valence-electron chi connectivity index (χ2n) is 5.49. The Kier molecular flexibility index (Phi) is 4.21. The largest absolute Gasteiger partial charge is 0.241 e. The van der Waals surface area contributed by atoms with Crippen LogP contribution in [0.2, 0.25) is 10.0 Å². The summed E-state index contributed by atoms with van der Waals surface area (Å²) in [6.07, 6.45) is 1.64. The predicted molar refractivity (Wildman–Crippen MR) is 89.0 cm³/mol. The van der Waals surface area contributed by atoms with Gasteiger partial charge in [0, 0.05) is 6.04 Å². The number of halogens is 2. The standard InChI is InChI=1S/C16H15Cl2NO2S/c1-10-2-5-13-11(8-10)3-7-16(13)19-22(20,21)12-4-6-14(17)15(18)9-12/h2,4-6,8-9,16,19H,3,7H2,1H3. The quantitative estimate of drug-likeness (QED) is 0.893. The van der Waals surface area contributed by atoms with Gasteiger partial charge in [-0.25, -0.2) is 13.1 Å². The van der Waals surface area contributed by atoms with Gasteiger partial charge < -0.3 is 0 Å². The zero-order valence-electron chi connectivity index (χ0n) is 11.9. The Hall–Kier alpha value is -1.07. The molecule has 1 unspecified atom stereocenters. The molecule has 0 bridgehead atoms. The molecule has 6 heteroatoms. The molecule has 3 rings (SSSR count). The molecule has 0 saturated carbocycles. The maximum atomic E-state index is 12.5. The van der Waals surface area contributed by atoms with Crippen molar-refractivity contribution >= 4 is 33.2 Å². The van der Waals surface area contributed by atoms with Gasteiger partial charge in [0.2, 0.25) is 10.0 Å². The van der Waals surface area contributed by atoms with Crippen LogP contribution >= 0.6 is 23.2 Å². The average Bonchev–Trinajstić information content (AvgIpc) is 2.83. The highest BCUT2D eigenvalue weighted by atomic mass is 35.5. The summed E-state index contributed by atoms with van der Waals surface area (Å²) in [5.41, 5.74) is 3.45. The van der Waals surface area contributed by atoms with Gasteiger partial charge >= 0.3 is 0 Å². The molecule has 0 saturated heterocycles. The first-order valence-corrected chi connectivity index (χ1v) is 9.17. The van der Waals surface area contributed by atoms with E-state index in [1.807, 2.05) is 19.1 Å². The van der Waals surface area contributed by atoms with Crippen LogP contribution in [0.5, 0.6) is 0 Å². The van der Waals surface area contributed by atoms with Crippen LogP contribution in [0, 0.1) is 6.92 Å². The van der Waals surface area contributed by atoms with Crippen LogP contribution in [0.3, 0.4) is 0 Å². The maximum Gasteiger partial charge on any atom is 0.241 e. The number of aryl methyl sites for hydroxylation is 2. The Morgan fingerprint density at radius 1 is 1.09 bits per heavy atom. The number of rotatable bonds is 3. The second kappa shape index (κ2) is 5.85. The molecule has 1 atom stereocenters. The summed E-state index contributed by atoms with van der Waals surface area (Å²) < 4.78 is 27.8. The van der Waals surface area contributed by atoms with Gasteiger partial charge in [-0.3, -0.25) is 0 Å². The van der Waals surface area contributed by atoms with Crippen LogP contribution in [0.15, 0.2) is 41.3 Å². The fourth-order valence-corrected chi connectivity index (χ4v) is 4.41. The average molecular weight is 356 g/mol. The van der Waals surface area contributed by atoms with Crippen molar-refractivity contribution in [3.8, 4) is 0 Å². The van der Waals surface area contributed by atoms with E-state index >= 15 is 0 Å². The number of hydrogen-bond acceptors (Lipinski definition) is 2. The molecule has 3 nitrogen and oxygen atoms in total. The lowest BCUT2D eigenvalue weighted by Gasteiger charge is -2.15. The Balaban J connectivity index is 1.89. The summed E-state index contributed by atoms with van der Waals surface area (Å²) in [4.78, 5) is 0.127. The first kappa shape index (κ1) is 15.8. The highest BCUT2D eigenvalue weighted by Crippen LogP contribution is 2.33. The minimum atomic E-state index is -3.63. The van der Waals surface area contributed by atoms with E-state index in [4.69, 9.17) is 23.2 Å². The van der Waals surface area contributed by atoms with Gasteiger partial charge in [0.1, 0.15) is 0 Å². The van der Waals surface area contributed by atoms with Crippen molar-refractivity contribution < 1.29 is 8.42 Å². The highest BCUT2D eigenvalue weighted by molar-refractivity contribution is 7.89. The highest BCUT2D eigenvalue weighted by Gasteiger charge is 2.27. The van der Waals surface area contributed by atoms with Gasteiger partial charge in [-0.2, -0.15) is 0 Å². The van der Waals surface area contributed by atoms with Gasteiger partial charge in [0.25, 0.3) is 0 Å². The third-order valence-corrected chi connectivity index (χ3v) is 6.08. The van der Waals surface area contributed by atoms with Crippen LogP contribution in [0.4, 0.5) is 0 Å². The summed E-state index contributed by atoms with van der Waals surface area (Å²) in [6, 6.07) is 10.2. The molecule has 1 aliphatic carbocycles. The molecule has 0 aliphatic heterocycles. The van der Waals surface area contributed by atoms with Crippen LogP contribution in [0.25, 0.3) is 0 Å². The van der Waals surface area contributed by atoms with E-state index in [0.717, 1.165) is 18.4 Å². The molecular weight excluding hydrogens is 341 g/mol. The van der Waals surface area contributed by atoms with E-state index < -0.39 is 10.0 Å². The molecule has 2 aromatic rings. The third-order valence-electron chi connectivity index (χ3n) is 3.88. The first-order chi connectivity index (χ1) is 10.4. The smallest absolute Gasteiger partial charge is 0.207 e. The molecule has 116 valence electrons. The van der Waals surface area contributed by atoms with E-state index in [2.05, 4.69) is 10.8 Å². The molecule has 0 fully saturated rings. The van der Waals surface area contributed by atoms with Crippen molar-refractivity contribution in [2.24, 2.45) is 0 Å². The molecule has 0 radical (unpaired) electrons. The molecule has 0 spiro atoms. The fraction of sp³-hybridized carbons (Fsp3) is 0.250. The predicted octanol–water partition coefficient (Wildman–Crippen LogP) is 4.27. The second-order valence-corrected chi connectivity index (χ2v) is 8.02. The van der Waals surface area contributed by atoms with Crippen LogP contribution < -0.4 is 4.72 Å². The van der Waals surface area contributed by atoms with Gasteiger partial charge in [-0.05, 0) is 49.1 Å². The lowest BCUT2D eigenvalue weighted by Crippen LogP contribution is -2.27. The van der Waals surface area contributed by atoms with Crippen molar-refractivity contribution in [1.29, 1.82) is 0 Å². The zero-order chi connectivity index (χ0) is 15.9. The molecule has 22 heavy (non-hydrogen) atoms. The van der Waals surface area contributed by atoms with Crippen molar-refractivity contribution in [3.05, 3.63) is 63.1 Å². The number of sulfonamides is 1. The molecular formula is C16H15Cl2NO2S. The van der Waals surface area contributed by atoms with Crippen molar-refractivity contribution in [2.45, 2.75) is 30.7 Å². The monoisotopic (exact) mass is 355 g/mol. The number of nitrogens with one attached hydrogen (secondary N) is 1. The Morgan fingerprint density at radius 2 is 1.86 bits per heavy atom. The van der Waals surface area contributed by atoms with Gasteiger partial charge in [0.15, 0.2) is 0 Å². The lowest BCUT2D eigenvalue weighted by molar-refractivity contribution is 0.554. The number of hydrogen-bond donors (Lipinski definition) is 1. The number of benzene rings is 2. The van der Waals surface area contributed by atoms with E-state index in [1.165, 1.54) is 29.3 Å². The van der Waals surface area contributed by atoms with E-state index in [9.17, 15) is 8.42 Å². The SMILES string of the molecule is Cc1ccc2c(c1)CCC2NS(=O)(=O)c1ccc(Cl)c(Cl)c1. The van der Waals surface area contributed by atoms with Crippen LogP contribution in [-0.2, 0) is 16.4 Å². The van der Waals surface area contributed by atoms with E-state index in [1.54, 1.807) is 0 Å². The van der Waals surface area contributed by atoms with E-state index in [-0.39, 0.29) is 16.0 Å².